The monoisotopic (exact) mass is 404 g/mol. The predicted octanol–water partition coefficient (Wildman–Crippen LogP) is 4.27. The van der Waals surface area contributed by atoms with E-state index < -0.39 is 11.7 Å². The van der Waals surface area contributed by atoms with Gasteiger partial charge in [0.15, 0.2) is 5.65 Å². The number of ether oxygens (including phenoxy) is 1. The molecule has 25 heavy (non-hydrogen) atoms. The van der Waals surface area contributed by atoms with Gasteiger partial charge in [0, 0.05) is 12.3 Å². The van der Waals surface area contributed by atoms with Crippen molar-refractivity contribution in [2.75, 3.05) is 4.90 Å². The molecular weight excluding hydrogens is 388 g/mol. The Labute approximate surface area is 153 Å². The molecule has 8 heteroatoms. The zero-order chi connectivity index (χ0) is 18.2. The third-order valence-electron chi connectivity index (χ3n) is 3.25. The van der Waals surface area contributed by atoms with Crippen molar-refractivity contribution in [1.29, 1.82) is 0 Å². The van der Waals surface area contributed by atoms with E-state index in [1.165, 1.54) is 17.0 Å². The number of aromatic nitrogens is 3. The van der Waals surface area contributed by atoms with E-state index in [0.29, 0.717) is 21.6 Å². The maximum atomic E-state index is 12.9. The lowest BCUT2D eigenvalue weighted by Crippen LogP contribution is -2.34. The fourth-order valence-corrected chi connectivity index (χ4v) is 2.62. The Morgan fingerprint density at radius 2 is 1.92 bits per heavy atom. The summed E-state index contributed by atoms with van der Waals surface area (Å²) in [7, 11) is 0. The van der Waals surface area contributed by atoms with Crippen LogP contribution in [0.3, 0.4) is 0 Å². The average Bonchev–Trinajstić information content (AvgIpc) is 2.90. The highest BCUT2D eigenvalue weighted by atomic mass is 79.9. The Kier molecular flexibility index (Phi) is 4.38. The topological polar surface area (TPSA) is 80.0 Å². The Hall–Kier alpha value is -2.61. The summed E-state index contributed by atoms with van der Waals surface area (Å²) in [6.45, 7) is 5.39. The average molecular weight is 405 g/mol. The first-order valence-electron chi connectivity index (χ1n) is 7.57. The molecule has 0 atom stereocenters. The Morgan fingerprint density at radius 3 is 2.56 bits per heavy atom. The van der Waals surface area contributed by atoms with Crippen LogP contribution in [0, 0.1) is 0 Å². The van der Waals surface area contributed by atoms with E-state index in [4.69, 9.17) is 4.74 Å². The summed E-state index contributed by atoms with van der Waals surface area (Å²) in [6.07, 6.45) is 2.64. The first-order chi connectivity index (χ1) is 11.8. The number of phenols is 1. The quantitative estimate of drug-likeness (QED) is 0.689. The van der Waals surface area contributed by atoms with E-state index in [2.05, 4.69) is 26.0 Å². The molecule has 2 aromatic heterocycles. The van der Waals surface area contributed by atoms with Crippen molar-refractivity contribution in [3.63, 3.8) is 0 Å². The summed E-state index contributed by atoms with van der Waals surface area (Å²) in [5, 5.41) is 13.8. The van der Waals surface area contributed by atoms with Crippen LogP contribution < -0.4 is 4.90 Å². The van der Waals surface area contributed by atoms with Gasteiger partial charge in [-0.25, -0.2) is 14.7 Å². The van der Waals surface area contributed by atoms with E-state index in [1.807, 2.05) is 0 Å². The Balaban J connectivity index is 2.16. The maximum absolute atomic E-state index is 12.9. The first kappa shape index (κ1) is 17.2. The number of anilines is 2. The lowest BCUT2D eigenvalue weighted by atomic mass is 10.2. The largest absolute Gasteiger partial charge is 0.508 e. The third kappa shape index (κ3) is 3.58. The summed E-state index contributed by atoms with van der Waals surface area (Å²) >= 11 is 3.39. The van der Waals surface area contributed by atoms with Crippen LogP contribution in [0.1, 0.15) is 20.8 Å². The van der Waals surface area contributed by atoms with E-state index in [0.717, 1.165) is 0 Å². The zero-order valence-electron chi connectivity index (χ0n) is 14.0. The van der Waals surface area contributed by atoms with Crippen LogP contribution in [-0.2, 0) is 4.74 Å². The highest BCUT2D eigenvalue weighted by Gasteiger charge is 2.27. The SMILES string of the molecule is CC(C)(C)OC(=O)N(c1ccc(O)cc1)c1ccnc2c(Br)cnn12. The van der Waals surface area contributed by atoms with Crippen LogP contribution in [0.5, 0.6) is 5.75 Å². The van der Waals surface area contributed by atoms with Gasteiger partial charge in [-0.05, 0) is 61.0 Å². The van der Waals surface area contributed by atoms with Gasteiger partial charge in [-0.15, -0.1) is 0 Å². The number of phenolic OH excluding ortho intramolecular Hbond substituents is 1. The minimum Gasteiger partial charge on any atom is -0.508 e. The number of carbonyl (C=O) groups is 1. The molecule has 0 saturated carbocycles. The van der Waals surface area contributed by atoms with Crippen LogP contribution >= 0.6 is 15.9 Å². The highest BCUT2D eigenvalue weighted by molar-refractivity contribution is 9.10. The number of carbonyl (C=O) groups excluding carboxylic acids is 1. The van der Waals surface area contributed by atoms with Gasteiger partial charge < -0.3 is 9.84 Å². The van der Waals surface area contributed by atoms with Gasteiger partial charge in [0.1, 0.15) is 17.2 Å². The van der Waals surface area contributed by atoms with Crippen molar-refractivity contribution in [3.8, 4) is 5.75 Å². The fourth-order valence-electron chi connectivity index (χ4n) is 2.26. The predicted molar refractivity (Wildman–Crippen MR) is 97.2 cm³/mol. The molecule has 3 aromatic rings. The maximum Gasteiger partial charge on any atom is 0.420 e. The summed E-state index contributed by atoms with van der Waals surface area (Å²) < 4.78 is 7.80. The zero-order valence-corrected chi connectivity index (χ0v) is 15.6. The molecule has 2 heterocycles. The summed E-state index contributed by atoms with van der Waals surface area (Å²) in [4.78, 5) is 18.5. The van der Waals surface area contributed by atoms with Crippen LogP contribution in [0.25, 0.3) is 5.65 Å². The molecule has 0 saturated heterocycles. The molecule has 1 aromatic carbocycles. The molecule has 7 nitrogen and oxygen atoms in total. The minimum absolute atomic E-state index is 0.106. The molecule has 0 aliphatic heterocycles. The normalized spacial score (nSPS) is 11.5. The molecule has 0 spiro atoms. The van der Waals surface area contributed by atoms with Crippen molar-refractivity contribution < 1.29 is 14.6 Å². The van der Waals surface area contributed by atoms with Gasteiger partial charge in [0.25, 0.3) is 0 Å². The summed E-state index contributed by atoms with van der Waals surface area (Å²) in [5.41, 5.74) is 0.444. The first-order valence-corrected chi connectivity index (χ1v) is 8.36. The Bertz CT molecular complexity index is 916. The second-order valence-electron chi connectivity index (χ2n) is 6.36. The van der Waals surface area contributed by atoms with Gasteiger partial charge in [-0.3, -0.25) is 0 Å². The molecule has 0 aliphatic carbocycles. The minimum atomic E-state index is -0.664. The summed E-state index contributed by atoms with van der Waals surface area (Å²) in [5.74, 6) is 0.574. The number of rotatable bonds is 2. The molecular formula is C17H17BrN4O3. The second kappa shape index (κ2) is 6.36. The van der Waals surface area contributed by atoms with E-state index >= 15 is 0 Å². The lowest BCUT2D eigenvalue weighted by molar-refractivity contribution is 0.0597. The van der Waals surface area contributed by atoms with E-state index in [1.54, 1.807) is 55.9 Å². The molecule has 1 amide bonds. The standard InChI is InChI=1S/C17H17BrN4O3/c1-17(2,3)25-16(24)21(11-4-6-12(23)7-5-11)14-8-9-19-15-13(18)10-20-22(14)15/h4-10,23H,1-3H3. The van der Waals surface area contributed by atoms with Crippen molar-refractivity contribution >= 4 is 39.2 Å². The number of halogens is 1. The van der Waals surface area contributed by atoms with Crippen LogP contribution in [0.2, 0.25) is 0 Å². The number of nitrogens with zero attached hydrogens (tertiary/aromatic N) is 4. The molecule has 0 radical (unpaired) electrons. The molecule has 3 rings (SSSR count). The van der Waals surface area contributed by atoms with Gasteiger partial charge >= 0.3 is 6.09 Å². The number of amides is 1. The van der Waals surface area contributed by atoms with Crippen molar-refractivity contribution in [1.82, 2.24) is 14.6 Å². The van der Waals surface area contributed by atoms with Gasteiger partial charge in [0.2, 0.25) is 0 Å². The van der Waals surface area contributed by atoms with Crippen LogP contribution in [-0.4, -0.2) is 31.4 Å². The number of aromatic hydroxyl groups is 1. The third-order valence-corrected chi connectivity index (χ3v) is 3.81. The van der Waals surface area contributed by atoms with Crippen molar-refractivity contribution in [3.05, 3.63) is 47.2 Å². The van der Waals surface area contributed by atoms with Gasteiger partial charge in [0.05, 0.1) is 16.4 Å². The molecule has 0 unspecified atom stereocenters. The van der Waals surface area contributed by atoms with E-state index in [9.17, 15) is 9.90 Å². The van der Waals surface area contributed by atoms with Crippen molar-refractivity contribution in [2.24, 2.45) is 0 Å². The van der Waals surface area contributed by atoms with Crippen LogP contribution in [0.4, 0.5) is 16.3 Å². The Morgan fingerprint density at radius 1 is 1.24 bits per heavy atom. The van der Waals surface area contributed by atoms with Gasteiger partial charge in [-0.2, -0.15) is 9.61 Å². The molecule has 0 fully saturated rings. The van der Waals surface area contributed by atoms with Gasteiger partial charge in [-0.1, -0.05) is 0 Å². The molecule has 130 valence electrons. The number of benzene rings is 1. The fraction of sp³-hybridized carbons (Fsp3) is 0.235. The number of hydrogen-bond acceptors (Lipinski definition) is 5. The molecule has 1 N–H and O–H groups in total. The molecule has 0 bridgehead atoms. The smallest absolute Gasteiger partial charge is 0.420 e. The summed E-state index contributed by atoms with van der Waals surface area (Å²) in [6, 6.07) is 7.94. The second-order valence-corrected chi connectivity index (χ2v) is 7.22. The molecule has 0 aliphatic rings. The highest BCUT2D eigenvalue weighted by Crippen LogP contribution is 2.30. The van der Waals surface area contributed by atoms with E-state index in [-0.39, 0.29) is 5.75 Å². The van der Waals surface area contributed by atoms with Crippen molar-refractivity contribution in [2.45, 2.75) is 26.4 Å². The van der Waals surface area contributed by atoms with Crippen LogP contribution in [0.15, 0.2) is 47.2 Å². The number of fused-ring (bicyclic) bond motifs is 1. The number of hydrogen-bond donors (Lipinski definition) is 1. The lowest BCUT2D eigenvalue weighted by Gasteiger charge is -2.27.